The zero-order chi connectivity index (χ0) is 20.3. The van der Waals surface area contributed by atoms with Crippen LogP contribution in [0.5, 0.6) is 5.75 Å². The Balaban J connectivity index is 1.71. The summed E-state index contributed by atoms with van der Waals surface area (Å²) in [4.78, 5) is 28.0. The van der Waals surface area contributed by atoms with Gasteiger partial charge in [-0.2, -0.15) is 0 Å². The molecule has 2 amide bonds. The lowest BCUT2D eigenvalue weighted by Crippen LogP contribution is -2.34. The van der Waals surface area contributed by atoms with Crippen molar-refractivity contribution in [2.24, 2.45) is 0 Å². The molecule has 0 aliphatic carbocycles. The van der Waals surface area contributed by atoms with Crippen LogP contribution < -0.4 is 20.7 Å². The maximum Gasteiger partial charge on any atom is 0.261 e. The smallest absolute Gasteiger partial charge is 0.261 e. The molecule has 2 aromatic carbocycles. The number of benzene rings is 2. The molecule has 0 saturated heterocycles. The molecule has 0 aliphatic heterocycles. The number of carbonyl (C=O) groups is 2. The number of amides is 2. The highest BCUT2D eigenvalue weighted by Crippen LogP contribution is 2.28. The van der Waals surface area contributed by atoms with E-state index in [2.05, 4.69) is 20.9 Å². The Bertz CT molecular complexity index is 1080. The van der Waals surface area contributed by atoms with E-state index in [1.807, 2.05) is 6.07 Å². The van der Waals surface area contributed by atoms with Crippen LogP contribution >= 0.6 is 35.2 Å². The van der Waals surface area contributed by atoms with E-state index < -0.39 is 5.91 Å². The summed E-state index contributed by atoms with van der Waals surface area (Å²) in [6.45, 7) is 1.44. The van der Waals surface area contributed by atoms with Crippen molar-refractivity contribution >= 4 is 73.1 Å². The van der Waals surface area contributed by atoms with Crippen LogP contribution in [0.1, 0.15) is 17.3 Å². The first-order valence-corrected chi connectivity index (χ1v) is 9.60. The molecule has 0 aliphatic rings. The van der Waals surface area contributed by atoms with Gasteiger partial charge in [-0.25, -0.2) is 4.98 Å². The van der Waals surface area contributed by atoms with Crippen LogP contribution in [0.3, 0.4) is 0 Å². The number of nitrogens with one attached hydrogen (secondary N) is 3. The van der Waals surface area contributed by atoms with E-state index in [4.69, 9.17) is 28.6 Å². The summed E-state index contributed by atoms with van der Waals surface area (Å²) >= 11 is 12.5. The number of rotatable bonds is 4. The van der Waals surface area contributed by atoms with Crippen LogP contribution in [0.4, 0.5) is 10.8 Å². The normalized spacial score (nSPS) is 10.4. The van der Waals surface area contributed by atoms with Crippen molar-refractivity contribution in [3.8, 4) is 5.75 Å². The quantitative estimate of drug-likeness (QED) is 0.536. The van der Waals surface area contributed by atoms with E-state index in [9.17, 15) is 9.59 Å². The minimum Gasteiger partial charge on any atom is -0.496 e. The highest BCUT2D eigenvalue weighted by molar-refractivity contribution is 7.80. The van der Waals surface area contributed by atoms with Gasteiger partial charge < -0.3 is 15.4 Å². The number of nitrogens with zero attached hydrogens (tertiary/aromatic N) is 1. The lowest BCUT2D eigenvalue weighted by atomic mass is 10.2. The number of aromatic nitrogens is 1. The van der Waals surface area contributed by atoms with Crippen LogP contribution in [0, 0.1) is 0 Å². The van der Waals surface area contributed by atoms with Gasteiger partial charge in [-0.3, -0.25) is 14.9 Å². The number of hydrogen-bond acceptors (Lipinski definition) is 6. The van der Waals surface area contributed by atoms with E-state index in [0.29, 0.717) is 21.6 Å². The number of fused-ring (bicyclic) bond motifs is 1. The molecule has 0 radical (unpaired) electrons. The molecule has 1 heterocycles. The van der Waals surface area contributed by atoms with Crippen molar-refractivity contribution in [2.75, 3.05) is 17.7 Å². The van der Waals surface area contributed by atoms with Crippen molar-refractivity contribution in [3.63, 3.8) is 0 Å². The SMILES string of the molecule is COc1ccc(Cl)cc1C(=O)NC(=S)Nc1nc2ccc(NC(C)=O)cc2s1. The molecule has 3 aromatic rings. The standard InChI is InChI=1S/C18H15ClN4O3S2/c1-9(24)20-11-4-5-13-15(8-11)28-18(21-13)23-17(27)22-16(25)12-7-10(19)3-6-14(12)26-2/h3-8H,1-2H3,(H,20,24)(H2,21,22,23,25,27). The number of carbonyl (C=O) groups excluding carboxylic acids is 2. The summed E-state index contributed by atoms with van der Waals surface area (Å²) in [6.07, 6.45) is 0. The van der Waals surface area contributed by atoms with Gasteiger partial charge in [0.15, 0.2) is 10.2 Å². The van der Waals surface area contributed by atoms with Gasteiger partial charge in [-0.05, 0) is 48.6 Å². The summed E-state index contributed by atoms with van der Waals surface area (Å²) in [7, 11) is 1.47. The van der Waals surface area contributed by atoms with Crippen molar-refractivity contribution in [1.82, 2.24) is 10.3 Å². The number of methoxy groups -OCH3 is 1. The van der Waals surface area contributed by atoms with Crippen LogP contribution in [-0.4, -0.2) is 29.0 Å². The van der Waals surface area contributed by atoms with Crippen molar-refractivity contribution < 1.29 is 14.3 Å². The zero-order valence-corrected chi connectivity index (χ0v) is 17.2. The predicted octanol–water partition coefficient (Wildman–Crippen LogP) is 4.04. The van der Waals surface area contributed by atoms with Gasteiger partial charge in [0, 0.05) is 17.6 Å². The molecular formula is C18H15ClN4O3S2. The third-order valence-corrected chi connectivity index (χ3v) is 4.94. The number of halogens is 1. The average molecular weight is 435 g/mol. The van der Waals surface area contributed by atoms with E-state index in [0.717, 1.165) is 10.2 Å². The second-order valence-corrected chi connectivity index (χ2v) is 7.51. The minimum absolute atomic E-state index is 0.0909. The van der Waals surface area contributed by atoms with E-state index in [1.54, 1.807) is 24.3 Å². The molecule has 144 valence electrons. The molecule has 3 rings (SSSR count). The van der Waals surface area contributed by atoms with Crippen LogP contribution in [0.15, 0.2) is 36.4 Å². The molecule has 0 unspecified atom stereocenters. The number of thiocarbonyl (C=S) groups is 1. The van der Waals surface area contributed by atoms with Crippen molar-refractivity contribution in [1.29, 1.82) is 0 Å². The van der Waals surface area contributed by atoms with Gasteiger partial charge in [-0.15, -0.1) is 0 Å². The third-order valence-electron chi connectivity index (χ3n) is 3.56. The first-order chi connectivity index (χ1) is 13.4. The van der Waals surface area contributed by atoms with Gasteiger partial charge in [-0.1, -0.05) is 22.9 Å². The highest BCUT2D eigenvalue weighted by atomic mass is 35.5. The van der Waals surface area contributed by atoms with E-state index >= 15 is 0 Å². The molecule has 7 nitrogen and oxygen atoms in total. The Hall–Kier alpha value is -2.75. The van der Waals surface area contributed by atoms with Crippen LogP contribution in [0.25, 0.3) is 10.2 Å². The third kappa shape index (κ3) is 4.75. The Labute approximate surface area is 175 Å². The summed E-state index contributed by atoms with van der Waals surface area (Å²) in [5.74, 6) is -0.219. The summed E-state index contributed by atoms with van der Waals surface area (Å²) in [6, 6.07) is 10.1. The number of anilines is 2. The first kappa shape index (κ1) is 20.0. The van der Waals surface area contributed by atoms with E-state index in [-0.39, 0.29) is 16.6 Å². The number of thiazole rings is 1. The summed E-state index contributed by atoms with van der Waals surface area (Å²) < 4.78 is 6.04. The van der Waals surface area contributed by atoms with Crippen LogP contribution in [-0.2, 0) is 4.79 Å². The number of hydrogen-bond donors (Lipinski definition) is 3. The lowest BCUT2D eigenvalue weighted by molar-refractivity contribution is -0.114. The summed E-state index contributed by atoms with van der Waals surface area (Å²) in [5.41, 5.74) is 1.69. The molecule has 0 fully saturated rings. The monoisotopic (exact) mass is 434 g/mol. The molecule has 1 aromatic heterocycles. The fraction of sp³-hybridized carbons (Fsp3) is 0.111. The minimum atomic E-state index is -0.453. The topological polar surface area (TPSA) is 92.3 Å². The Kier molecular flexibility index (Phi) is 6.08. The molecule has 0 saturated carbocycles. The largest absolute Gasteiger partial charge is 0.496 e. The molecular weight excluding hydrogens is 420 g/mol. The average Bonchev–Trinajstić information content (AvgIpc) is 3.02. The molecule has 0 atom stereocenters. The van der Waals surface area contributed by atoms with Gasteiger partial charge in [0.2, 0.25) is 5.91 Å². The van der Waals surface area contributed by atoms with E-state index in [1.165, 1.54) is 31.4 Å². The first-order valence-electron chi connectivity index (χ1n) is 8.00. The van der Waals surface area contributed by atoms with Gasteiger partial charge in [0.1, 0.15) is 5.75 Å². The second kappa shape index (κ2) is 8.51. The fourth-order valence-corrected chi connectivity index (χ4v) is 3.75. The van der Waals surface area contributed by atoms with Crippen molar-refractivity contribution in [2.45, 2.75) is 6.92 Å². The zero-order valence-electron chi connectivity index (χ0n) is 14.8. The maximum atomic E-state index is 12.5. The fourth-order valence-electron chi connectivity index (χ4n) is 2.42. The Morgan fingerprint density at radius 2 is 1.96 bits per heavy atom. The molecule has 0 spiro atoms. The molecule has 10 heteroatoms. The van der Waals surface area contributed by atoms with Crippen molar-refractivity contribution in [3.05, 3.63) is 47.0 Å². The van der Waals surface area contributed by atoms with Gasteiger partial charge >= 0.3 is 0 Å². The molecule has 28 heavy (non-hydrogen) atoms. The predicted molar refractivity (Wildman–Crippen MR) is 116 cm³/mol. The van der Waals surface area contributed by atoms with Gasteiger partial charge in [0.05, 0.1) is 22.9 Å². The highest BCUT2D eigenvalue weighted by Gasteiger charge is 2.15. The molecule has 3 N–H and O–H groups in total. The van der Waals surface area contributed by atoms with Gasteiger partial charge in [0.25, 0.3) is 5.91 Å². The lowest BCUT2D eigenvalue weighted by Gasteiger charge is -2.10. The molecule has 0 bridgehead atoms. The summed E-state index contributed by atoms with van der Waals surface area (Å²) in [5, 5.41) is 9.20. The second-order valence-electron chi connectivity index (χ2n) is 5.64. The maximum absolute atomic E-state index is 12.5. The Morgan fingerprint density at radius 3 is 2.68 bits per heavy atom. The Morgan fingerprint density at radius 1 is 1.18 bits per heavy atom. The van der Waals surface area contributed by atoms with Crippen LogP contribution in [0.2, 0.25) is 5.02 Å². The number of ether oxygens (including phenoxy) is 1.